The van der Waals surface area contributed by atoms with Crippen LogP contribution in [0.3, 0.4) is 0 Å². The Morgan fingerprint density at radius 2 is 2.15 bits per heavy atom. The van der Waals surface area contributed by atoms with Crippen LogP contribution in [-0.4, -0.2) is 25.7 Å². The third kappa shape index (κ3) is 3.20. The summed E-state index contributed by atoms with van der Waals surface area (Å²) in [5, 5.41) is 3.96. The number of carbonyl (C=O) groups excluding carboxylic acids is 1. The number of amides is 1. The van der Waals surface area contributed by atoms with Crippen molar-refractivity contribution in [3.63, 3.8) is 0 Å². The number of rotatable bonds is 5. The topological polar surface area (TPSA) is 51.5 Å². The van der Waals surface area contributed by atoms with E-state index in [-0.39, 0.29) is 11.9 Å². The van der Waals surface area contributed by atoms with E-state index in [1.807, 2.05) is 26.8 Å². The van der Waals surface area contributed by atoms with Crippen molar-refractivity contribution in [2.75, 3.05) is 13.7 Å². The van der Waals surface area contributed by atoms with Crippen molar-refractivity contribution in [1.29, 1.82) is 0 Å². The van der Waals surface area contributed by atoms with Gasteiger partial charge in [-0.25, -0.2) is 0 Å². The van der Waals surface area contributed by atoms with E-state index in [9.17, 15) is 4.79 Å². The van der Waals surface area contributed by atoms with E-state index >= 15 is 0 Å². The number of carbonyl (C=O) groups is 1. The summed E-state index contributed by atoms with van der Waals surface area (Å²) >= 11 is 0. The molecule has 1 aromatic carbocycles. The van der Waals surface area contributed by atoms with Crippen LogP contribution in [0.15, 0.2) is 22.8 Å². The Bertz CT molecular complexity index is 615. The molecule has 108 valence electrons. The molecule has 20 heavy (non-hydrogen) atoms. The van der Waals surface area contributed by atoms with Crippen molar-refractivity contribution < 1.29 is 13.9 Å². The molecule has 0 aliphatic rings. The fourth-order valence-corrected chi connectivity index (χ4v) is 2.55. The summed E-state index contributed by atoms with van der Waals surface area (Å²) in [5.41, 5.74) is 4.07. The fourth-order valence-electron chi connectivity index (χ4n) is 2.55. The lowest BCUT2D eigenvalue weighted by molar-refractivity contribution is -0.121. The number of hydrogen-bond donors (Lipinski definition) is 1. The zero-order chi connectivity index (χ0) is 14.7. The third-order valence-corrected chi connectivity index (χ3v) is 3.27. The summed E-state index contributed by atoms with van der Waals surface area (Å²) in [7, 11) is 1.62. The molecular formula is C16H21NO3. The quantitative estimate of drug-likeness (QED) is 0.913. The molecule has 0 spiro atoms. The Labute approximate surface area is 119 Å². The van der Waals surface area contributed by atoms with Gasteiger partial charge in [0.2, 0.25) is 5.91 Å². The number of ether oxygens (including phenoxy) is 1. The number of furan rings is 1. The number of hydrogen-bond acceptors (Lipinski definition) is 3. The summed E-state index contributed by atoms with van der Waals surface area (Å²) in [6.07, 6.45) is 2.00. The highest BCUT2D eigenvalue weighted by atomic mass is 16.5. The molecule has 0 fully saturated rings. The maximum atomic E-state index is 12.0. The van der Waals surface area contributed by atoms with Crippen LogP contribution in [0.2, 0.25) is 0 Å². The van der Waals surface area contributed by atoms with Crippen molar-refractivity contribution in [3.05, 3.63) is 35.1 Å². The molecule has 0 unspecified atom stereocenters. The lowest BCUT2D eigenvalue weighted by atomic mass is 10.0. The zero-order valence-corrected chi connectivity index (χ0v) is 12.4. The molecule has 4 nitrogen and oxygen atoms in total. The van der Waals surface area contributed by atoms with Crippen molar-refractivity contribution in [1.82, 2.24) is 5.32 Å². The summed E-state index contributed by atoms with van der Waals surface area (Å²) in [6, 6.07) is 4.11. The predicted octanol–water partition coefficient (Wildman–Crippen LogP) is 2.74. The standard InChI is InChI=1S/C16H21NO3/c1-10-5-11(2)16-13(9-20-14(16)6-10)7-15(18)17-12(3)8-19-4/h5-6,9,12H,7-8H2,1-4H3,(H,17,18)/t12-/m0/s1. The van der Waals surface area contributed by atoms with Crippen molar-refractivity contribution in [2.24, 2.45) is 0 Å². The molecule has 0 bridgehead atoms. The molecule has 0 aliphatic heterocycles. The van der Waals surface area contributed by atoms with E-state index in [2.05, 4.69) is 11.4 Å². The number of nitrogens with one attached hydrogen (secondary N) is 1. The van der Waals surface area contributed by atoms with Gasteiger partial charge in [-0.3, -0.25) is 4.79 Å². The number of aryl methyl sites for hydroxylation is 2. The first kappa shape index (κ1) is 14.6. The number of methoxy groups -OCH3 is 1. The Kier molecular flexibility index (Phi) is 4.45. The number of benzene rings is 1. The Morgan fingerprint density at radius 1 is 1.40 bits per heavy atom. The normalized spacial score (nSPS) is 12.6. The van der Waals surface area contributed by atoms with E-state index in [1.165, 1.54) is 0 Å². The number of fused-ring (bicyclic) bond motifs is 1. The van der Waals surface area contributed by atoms with E-state index < -0.39 is 0 Å². The van der Waals surface area contributed by atoms with Crippen LogP contribution in [-0.2, 0) is 16.0 Å². The van der Waals surface area contributed by atoms with Gasteiger partial charge in [0.15, 0.2) is 0 Å². The molecule has 1 aromatic heterocycles. The average molecular weight is 275 g/mol. The van der Waals surface area contributed by atoms with Crippen LogP contribution in [0, 0.1) is 13.8 Å². The predicted molar refractivity (Wildman–Crippen MR) is 78.9 cm³/mol. The molecule has 2 rings (SSSR count). The van der Waals surface area contributed by atoms with Gasteiger partial charge in [-0.1, -0.05) is 6.07 Å². The van der Waals surface area contributed by atoms with E-state index in [0.717, 1.165) is 27.7 Å². The highest BCUT2D eigenvalue weighted by molar-refractivity contribution is 5.90. The second-order valence-corrected chi connectivity index (χ2v) is 5.32. The van der Waals surface area contributed by atoms with Crippen LogP contribution in [0.25, 0.3) is 11.0 Å². The molecule has 0 radical (unpaired) electrons. The lowest BCUT2D eigenvalue weighted by Gasteiger charge is -2.12. The largest absolute Gasteiger partial charge is 0.464 e. The fraction of sp³-hybridized carbons (Fsp3) is 0.438. The van der Waals surface area contributed by atoms with Gasteiger partial charge in [0.1, 0.15) is 5.58 Å². The first-order valence-corrected chi connectivity index (χ1v) is 6.77. The second-order valence-electron chi connectivity index (χ2n) is 5.32. The van der Waals surface area contributed by atoms with Gasteiger partial charge in [0, 0.05) is 24.1 Å². The molecule has 2 aromatic rings. The first-order chi connectivity index (χ1) is 9.51. The van der Waals surface area contributed by atoms with Crippen LogP contribution in [0.1, 0.15) is 23.6 Å². The van der Waals surface area contributed by atoms with Gasteiger partial charge in [-0.15, -0.1) is 0 Å². The monoisotopic (exact) mass is 275 g/mol. The summed E-state index contributed by atoms with van der Waals surface area (Å²) < 4.78 is 10.6. The minimum atomic E-state index is -0.0165. The molecule has 0 aliphatic carbocycles. The summed E-state index contributed by atoms with van der Waals surface area (Å²) in [6.45, 7) is 6.51. The van der Waals surface area contributed by atoms with Gasteiger partial charge in [-0.05, 0) is 38.0 Å². The lowest BCUT2D eigenvalue weighted by Crippen LogP contribution is -2.36. The highest BCUT2D eigenvalue weighted by Gasteiger charge is 2.14. The van der Waals surface area contributed by atoms with Crippen molar-refractivity contribution in [3.8, 4) is 0 Å². The van der Waals surface area contributed by atoms with Crippen molar-refractivity contribution >= 4 is 16.9 Å². The Morgan fingerprint density at radius 3 is 2.85 bits per heavy atom. The molecule has 1 N–H and O–H groups in total. The molecular weight excluding hydrogens is 254 g/mol. The minimum Gasteiger partial charge on any atom is -0.464 e. The van der Waals surface area contributed by atoms with E-state index in [4.69, 9.17) is 9.15 Å². The Balaban J connectivity index is 2.16. The molecule has 0 saturated heterocycles. The molecule has 4 heteroatoms. The zero-order valence-electron chi connectivity index (χ0n) is 12.4. The third-order valence-electron chi connectivity index (χ3n) is 3.27. The van der Waals surface area contributed by atoms with Crippen LogP contribution in [0.4, 0.5) is 0 Å². The summed E-state index contributed by atoms with van der Waals surface area (Å²) in [5.74, 6) is -0.0165. The first-order valence-electron chi connectivity index (χ1n) is 6.77. The van der Waals surface area contributed by atoms with E-state index in [1.54, 1.807) is 13.4 Å². The van der Waals surface area contributed by atoms with Crippen molar-refractivity contribution in [2.45, 2.75) is 33.2 Å². The second kappa shape index (κ2) is 6.09. The Hall–Kier alpha value is -1.81. The molecule has 1 heterocycles. The summed E-state index contributed by atoms with van der Waals surface area (Å²) in [4.78, 5) is 12.0. The average Bonchev–Trinajstić information content (AvgIpc) is 2.72. The van der Waals surface area contributed by atoms with Gasteiger partial charge >= 0.3 is 0 Å². The smallest absolute Gasteiger partial charge is 0.224 e. The SMILES string of the molecule is COC[C@H](C)NC(=O)Cc1coc2cc(C)cc(C)c12. The van der Waals surface area contributed by atoms with Crippen LogP contribution >= 0.6 is 0 Å². The highest BCUT2D eigenvalue weighted by Crippen LogP contribution is 2.26. The van der Waals surface area contributed by atoms with E-state index in [0.29, 0.717) is 13.0 Å². The molecule has 1 amide bonds. The van der Waals surface area contributed by atoms with Crippen LogP contribution < -0.4 is 5.32 Å². The maximum absolute atomic E-state index is 12.0. The van der Waals surface area contributed by atoms with Gasteiger partial charge in [-0.2, -0.15) is 0 Å². The van der Waals surface area contributed by atoms with Gasteiger partial charge in [0.05, 0.1) is 19.3 Å². The maximum Gasteiger partial charge on any atom is 0.224 e. The van der Waals surface area contributed by atoms with Crippen LogP contribution in [0.5, 0.6) is 0 Å². The van der Waals surface area contributed by atoms with Gasteiger partial charge < -0.3 is 14.5 Å². The minimum absolute atomic E-state index is 0.00834. The van der Waals surface area contributed by atoms with Gasteiger partial charge in [0.25, 0.3) is 0 Å². The molecule has 0 saturated carbocycles. The molecule has 1 atom stereocenters.